The van der Waals surface area contributed by atoms with Crippen molar-refractivity contribution in [3.8, 4) is 0 Å². The van der Waals surface area contributed by atoms with Crippen LogP contribution in [-0.2, 0) is 0 Å². The fourth-order valence-corrected chi connectivity index (χ4v) is 2.90. The molecular weight excluding hydrogens is 294 g/mol. The van der Waals surface area contributed by atoms with Crippen molar-refractivity contribution in [2.24, 2.45) is 0 Å². The topological polar surface area (TPSA) is 75.4 Å². The monoisotopic (exact) mass is 315 g/mol. The normalized spacial score (nSPS) is 15.7. The fourth-order valence-electron chi connectivity index (χ4n) is 2.90. The highest BCUT2D eigenvalue weighted by Gasteiger charge is 2.29. The molecule has 122 valence electrons. The molecule has 0 aromatic carbocycles. The Balaban J connectivity index is 1.69. The number of hydrogen-bond acceptors (Lipinski definition) is 6. The SMILES string of the molecule is Cc1noc(C2CCN(C(=O)c3cccnc3N(C)C)CC2)n1. The lowest BCUT2D eigenvalue weighted by molar-refractivity contribution is 0.0705. The largest absolute Gasteiger partial charge is 0.362 e. The zero-order chi connectivity index (χ0) is 16.4. The molecule has 0 N–H and O–H groups in total. The standard InChI is InChI=1S/C16H21N5O2/c1-11-18-15(23-19-11)12-6-9-21(10-7-12)16(22)13-5-4-8-17-14(13)20(2)3/h4-5,8,12H,6-7,9-10H2,1-3H3. The van der Waals surface area contributed by atoms with Gasteiger partial charge < -0.3 is 14.3 Å². The van der Waals surface area contributed by atoms with Crippen LogP contribution in [0.25, 0.3) is 0 Å². The van der Waals surface area contributed by atoms with Crippen molar-refractivity contribution in [3.63, 3.8) is 0 Å². The molecule has 1 aliphatic heterocycles. The number of likely N-dealkylation sites (tertiary alicyclic amines) is 1. The van der Waals surface area contributed by atoms with E-state index in [1.807, 2.05) is 36.9 Å². The predicted octanol–water partition coefficient (Wildman–Crippen LogP) is 1.86. The van der Waals surface area contributed by atoms with Gasteiger partial charge in [0.1, 0.15) is 5.82 Å². The molecule has 1 aliphatic rings. The summed E-state index contributed by atoms with van der Waals surface area (Å²) in [6, 6.07) is 3.63. The Kier molecular flexibility index (Phi) is 4.27. The lowest BCUT2D eigenvalue weighted by Crippen LogP contribution is -2.38. The highest BCUT2D eigenvalue weighted by atomic mass is 16.5. The minimum Gasteiger partial charge on any atom is -0.362 e. The number of piperidine rings is 1. The van der Waals surface area contributed by atoms with Gasteiger partial charge in [-0.1, -0.05) is 5.16 Å². The van der Waals surface area contributed by atoms with Crippen LogP contribution < -0.4 is 4.90 Å². The van der Waals surface area contributed by atoms with Crippen LogP contribution in [0.3, 0.4) is 0 Å². The first-order valence-corrected chi connectivity index (χ1v) is 7.78. The van der Waals surface area contributed by atoms with E-state index in [0.717, 1.165) is 12.8 Å². The highest BCUT2D eigenvalue weighted by Crippen LogP contribution is 2.28. The Bertz CT molecular complexity index is 689. The maximum atomic E-state index is 12.8. The number of pyridine rings is 1. The Labute approximate surface area is 135 Å². The summed E-state index contributed by atoms with van der Waals surface area (Å²) in [6.45, 7) is 3.19. The van der Waals surface area contributed by atoms with E-state index in [0.29, 0.717) is 36.2 Å². The molecule has 23 heavy (non-hydrogen) atoms. The second kappa shape index (κ2) is 6.36. The molecule has 2 aromatic rings. The molecule has 7 heteroatoms. The molecule has 1 saturated heterocycles. The number of rotatable bonds is 3. The Morgan fingerprint density at radius 1 is 1.35 bits per heavy atom. The summed E-state index contributed by atoms with van der Waals surface area (Å²) in [5.74, 6) is 2.31. The van der Waals surface area contributed by atoms with Crippen molar-refractivity contribution in [3.05, 3.63) is 35.6 Å². The van der Waals surface area contributed by atoms with Crippen LogP contribution in [0.4, 0.5) is 5.82 Å². The van der Waals surface area contributed by atoms with Gasteiger partial charge in [0.25, 0.3) is 5.91 Å². The first-order chi connectivity index (χ1) is 11.1. The zero-order valence-electron chi connectivity index (χ0n) is 13.7. The molecule has 0 aliphatic carbocycles. The lowest BCUT2D eigenvalue weighted by atomic mass is 9.96. The molecule has 0 radical (unpaired) electrons. The molecule has 3 rings (SSSR count). The van der Waals surface area contributed by atoms with E-state index in [1.165, 1.54) is 0 Å². The van der Waals surface area contributed by atoms with Crippen LogP contribution in [0.1, 0.15) is 40.8 Å². The molecule has 3 heterocycles. The van der Waals surface area contributed by atoms with Crippen molar-refractivity contribution < 1.29 is 9.32 Å². The van der Waals surface area contributed by atoms with Crippen LogP contribution in [0.2, 0.25) is 0 Å². The third-order valence-electron chi connectivity index (χ3n) is 4.12. The maximum absolute atomic E-state index is 12.8. The van der Waals surface area contributed by atoms with E-state index in [2.05, 4.69) is 15.1 Å². The number of amides is 1. The van der Waals surface area contributed by atoms with E-state index < -0.39 is 0 Å². The van der Waals surface area contributed by atoms with Gasteiger partial charge in [0.2, 0.25) is 5.89 Å². The summed E-state index contributed by atoms with van der Waals surface area (Å²) in [5.41, 5.74) is 0.643. The summed E-state index contributed by atoms with van der Waals surface area (Å²) in [4.78, 5) is 25.1. The van der Waals surface area contributed by atoms with E-state index in [1.54, 1.807) is 12.3 Å². The summed E-state index contributed by atoms with van der Waals surface area (Å²) in [7, 11) is 3.78. The highest BCUT2D eigenvalue weighted by molar-refractivity contribution is 5.98. The third-order valence-corrected chi connectivity index (χ3v) is 4.12. The Morgan fingerprint density at radius 3 is 2.70 bits per heavy atom. The number of carbonyl (C=O) groups excluding carboxylic acids is 1. The summed E-state index contributed by atoms with van der Waals surface area (Å²) in [6.07, 6.45) is 3.38. The first-order valence-electron chi connectivity index (χ1n) is 7.78. The average Bonchev–Trinajstić information content (AvgIpc) is 3.01. The van der Waals surface area contributed by atoms with Gasteiger partial charge in [-0.15, -0.1) is 0 Å². The third kappa shape index (κ3) is 3.18. The van der Waals surface area contributed by atoms with Gasteiger partial charge >= 0.3 is 0 Å². The smallest absolute Gasteiger partial charge is 0.257 e. The van der Waals surface area contributed by atoms with Crippen molar-refractivity contribution in [1.29, 1.82) is 0 Å². The summed E-state index contributed by atoms with van der Waals surface area (Å²) >= 11 is 0. The van der Waals surface area contributed by atoms with Crippen molar-refractivity contribution in [2.75, 3.05) is 32.1 Å². The summed E-state index contributed by atoms with van der Waals surface area (Å²) in [5, 5.41) is 3.84. The van der Waals surface area contributed by atoms with Gasteiger partial charge in [-0.2, -0.15) is 4.98 Å². The minimum atomic E-state index is 0.0296. The van der Waals surface area contributed by atoms with Gasteiger partial charge in [-0.3, -0.25) is 4.79 Å². The quantitative estimate of drug-likeness (QED) is 0.860. The molecule has 0 spiro atoms. The van der Waals surface area contributed by atoms with Crippen molar-refractivity contribution in [1.82, 2.24) is 20.0 Å². The van der Waals surface area contributed by atoms with E-state index in [4.69, 9.17) is 4.52 Å². The molecule has 0 atom stereocenters. The number of nitrogens with zero attached hydrogens (tertiary/aromatic N) is 5. The van der Waals surface area contributed by atoms with Gasteiger partial charge in [-0.05, 0) is 31.9 Å². The molecule has 1 fully saturated rings. The van der Waals surface area contributed by atoms with Crippen LogP contribution in [-0.4, -0.2) is 53.1 Å². The predicted molar refractivity (Wildman–Crippen MR) is 85.5 cm³/mol. The Hall–Kier alpha value is -2.44. The molecule has 0 bridgehead atoms. The van der Waals surface area contributed by atoms with E-state index >= 15 is 0 Å². The molecule has 1 amide bonds. The molecule has 7 nitrogen and oxygen atoms in total. The first kappa shape index (κ1) is 15.5. The molecule has 0 unspecified atom stereocenters. The Morgan fingerprint density at radius 2 is 2.09 bits per heavy atom. The fraction of sp³-hybridized carbons (Fsp3) is 0.500. The average molecular weight is 315 g/mol. The minimum absolute atomic E-state index is 0.0296. The number of anilines is 1. The zero-order valence-corrected chi connectivity index (χ0v) is 13.7. The summed E-state index contributed by atoms with van der Waals surface area (Å²) < 4.78 is 5.25. The van der Waals surface area contributed by atoms with Crippen molar-refractivity contribution >= 4 is 11.7 Å². The van der Waals surface area contributed by atoms with Crippen LogP contribution >= 0.6 is 0 Å². The van der Waals surface area contributed by atoms with E-state index in [9.17, 15) is 4.79 Å². The van der Waals surface area contributed by atoms with Crippen molar-refractivity contribution in [2.45, 2.75) is 25.7 Å². The van der Waals surface area contributed by atoms with Crippen LogP contribution in [0, 0.1) is 6.92 Å². The number of aryl methyl sites for hydroxylation is 1. The lowest BCUT2D eigenvalue weighted by Gasteiger charge is -2.31. The van der Waals surface area contributed by atoms with Gasteiger partial charge in [-0.25, -0.2) is 4.98 Å². The van der Waals surface area contributed by atoms with Gasteiger partial charge in [0.15, 0.2) is 5.82 Å². The number of aromatic nitrogens is 3. The maximum Gasteiger partial charge on any atom is 0.257 e. The van der Waals surface area contributed by atoms with Gasteiger partial charge in [0, 0.05) is 39.3 Å². The van der Waals surface area contributed by atoms with E-state index in [-0.39, 0.29) is 11.8 Å². The van der Waals surface area contributed by atoms with Crippen LogP contribution in [0.5, 0.6) is 0 Å². The number of hydrogen-bond donors (Lipinski definition) is 0. The second-order valence-electron chi connectivity index (χ2n) is 6.02. The molecule has 0 saturated carbocycles. The molecular formula is C16H21N5O2. The van der Waals surface area contributed by atoms with Gasteiger partial charge in [0.05, 0.1) is 5.56 Å². The van der Waals surface area contributed by atoms with Crippen LogP contribution in [0.15, 0.2) is 22.9 Å². The molecule has 2 aromatic heterocycles. The number of carbonyl (C=O) groups is 1. The second-order valence-corrected chi connectivity index (χ2v) is 6.02.